The van der Waals surface area contributed by atoms with E-state index < -0.39 is 24.0 Å². The predicted octanol–water partition coefficient (Wildman–Crippen LogP) is 3.47. The summed E-state index contributed by atoms with van der Waals surface area (Å²) in [7, 11) is 0. The van der Waals surface area contributed by atoms with Crippen molar-refractivity contribution in [2.45, 2.75) is 26.1 Å². The van der Waals surface area contributed by atoms with Crippen molar-refractivity contribution in [2.24, 2.45) is 0 Å². The highest BCUT2D eigenvalue weighted by Crippen LogP contribution is 2.21. The number of Topliss-reactive ketones (excluding diaryl/α,β-unsaturated/α-hetero) is 1. The molecule has 0 aliphatic carbocycles. The lowest BCUT2D eigenvalue weighted by Crippen LogP contribution is -2.29. The Morgan fingerprint density at radius 3 is 2.11 bits per heavy atom. The highest BCUT2D eigenvalue weighted by molar-refractivity contribution is 6.35. The Bertz CT molecular complexity index is 454. The zero-order chi connectivity index (χ0) is 13.9. The number of halogens is 3. The molecule has 0 fully saturated rings. The Labute approximate surface area is 114 Å². The quantitative estimate of drug-likeness (QED) is 0.485. The number of alkyl halides is 1. The number of hydrogen-bond donors (Lipinski definition) is 0. The summed E-state index contributed by atoms with van der Waals surface area (Å²) in [5, 5.41) is 0.380. The Hall–Kier alpha value is -1.13. The summed E-state index contributed by atoms with van der Waals surface area (Å²) in [6.07, 6.45) is -2.87. The Morgan fingerprint density at radius 2 is 1.67 bits per heavy atom. The molecule has 0 N–H and O–H groups in total. The highest BCUT2D eigenvalue weighted by Gasteiger charge is 2.29. The van der Waals surface area contributed by atoms with Crippen LogP contribution < -0.4 is 0 Å². The number of ketones is 1. The van der Waals surface area contributed by atoms with Gasteiger partial charge in [-0.15, -0.1) is 0 Å². The smallest absolute Gasteiger partial charge is 0.349 e. The van der Waals surface area contributed by atoms with Gasteiger partial charge in [0, 0.05) is 15.6 Å². The van der Waals surface area contributed by atoms with Gasteiger partial charge in [-0.2, -0.15) is 0 Å². The van der Waals surface area contributed by atoms with Crippen LogP contribution in [0.5, 0.6) is 0 Å². The maximum Gasteiger partial charge on any atom is 0.349 e. The van der Waals surface area contributed by atoms with Gasteiger partial charge < -0.3 is 4.74 Å². The van der Waals surface area contributed by atoms with Gasteiger partial charge in [0.2, 0.25) is 5.78 Å². The first-order chi connectivity index (χ1) is 8.31. The number of ether oxygens (including phenoxy) is 1. The summed E-state index contributed by atoms with van der Waals surface area (Å²) in [6, 6.07) is 3.88. The number of carbonyl (C=O) groups excluding carboxylic acids is 2. The first-order valence-electron chi connectivity index (χ1n) is 5.16. The Balaban J connectivity index is 2.89. The van der Waals surface area contributed by atoms with E-state index in [1.807, 2.05) is 0 Å². The molecule has 1 rings (SSSR count). The molecule has 6 heteroatoms. The Morgan fingerprint density at radius 1 is 1.17 bits per heavy atom. The number of carbonyl (C=O) groups is 2. The van der Waals surface area contributed by atoms with Crippen molar-refractivity contribution < 1.29 is 18.7 Å². The van der Waals surface area contributed by atoms with Crippen molar-refractivity contribution in [3.8, 4) is 0 Å². The topological polar surface area (TPSA) is 43.4 Å². The van der Waals surface area contributed by atoms with Crippen LogP contribution in [0.25, 0.3) is 0 Å². The van der Waals surface area contributed by atoms with Crippen molar-refractivity contribution in [3.63, 3.8) is 0 Å². The van der Waals surface area contributed by atoms with E-state index in [9.17, 15) is 14.0 Å². The van der Waals surface area contributed by atoms with E-state index in [0.29, 0.717) is 0 Å². The summed E-state index contributed by atoms with van der Waals surface area (Å²) < 4.78 is 18.2. The van der Waals surface area contributed by atoms with Crippen LogP contribution in [0.4, 0.5) is 4.39 Å². The third-order valence-corrected chi connectivity index (χ3v) is 2.37. The fraction of sp³-hybridized carbons (Fsp3) is 0.333. The van der Waals surface area contributed by atoms with E-state index >= 15 is 0 Å². The molecular formula is C12H11Cl2FO3. The monoisotopic (exact) mass is 292 g/mol. The summed E-state index contributed by atoms with van der Waals surface area (Å²) in [5.41, 5.74) is -0.0688. The molecule has 3 nitrogen and oxygen atoms in total. The minimum atomic E-state index is -2.37. The standard InChI is InChI=1S/C12H11Cl2FO3/c1-6(2)18-12(17)10(15)11(16)7-3-8(13)5-9(14)4-7/h3-6,10H,1-2H3. The van der Waals surface area contributed by atoms with Gasteiger partial charge in [-0.1, -0.05) is 23.2 Å². The van der Waals surface area contributed by atoms with Crippen molar-refractivity contribution >= 4 is 35.0 Å². The largest absolute Gasteiger partial charge is 0.460 e. The fourth-order valence-electron chi connectivity index (χ4n) is 1.24. The van der Waals surface area contributed by atoms with Gasteiger partial charge >= 0.3 is 5.97 Å². The van der Waals surface area contributed by atoms with Crippen LogP contribution in [0.15, 0.2) is 18.2 Å². The molecule has 0 bridgehead atoms. The van der Waals surface area contributed by atoms with Gasteiger partial charge in [-0.05, 0) is 32.0 Å². The van der Waals surface area contributed by atoms with E-state index in [2.05, 4.69) is 4.74 Å². The second kappa shape index (κ2) is 6.16. The molecule has 98 valence electrons. The third kappa shape index (κ3) is 3.96. The lowest BCUT2D eigenvalue weighted by Gasteiger charge is -2.11. The molecule has 0 aliphatic heterocycles. The van der Waals surface area contributed by atoms with Gasteiger partial charge in [-0.25, -0.2) is 9.18 Å². The minimum absolute atomic E-state index is 0.0688. The summed E-state index contributed by atoms with van der Waals surface area (Å²) in [6.45, 7) is 3.12. The van der Waals surface area contributed by atoms with Gasteiger partial charge in [-0.3, -0.25) is 4.79 Å². The predicted molar refractivity (Wildman–Crippen MR) is 66.9 cm³/mol. The molecule has 0 aromatic heterocycles. The molecule has 1 atom stereocenters. The fourth-order valence-corrected chi connectivity index (χ4v) is 1.77. The molecule has 1 aromatic carbocycles. The van der Waals surface area contributed by atoms with Crippen molar-refractivity contribution in [3.05, 3.63) is 33.8 Å². The maximum absolute atomic E-state index is 13.6. The van der Waals surface area contributed by atoms with E-state index in [1.54, 1.807) is 13.8 Å². The number of hydrogen-bond acceptors (Lipinski definition) is 3. The van der Waals surface area contributed by atoms with Crippen LogP contribution in [0, 0.1) is 0 Å². The molecule has 0 heterocycles. The summed E-state index contributed by atoms with van der Waals surface area (Å²) >= 11 is 11.4. The molecular weight excluding hydrogens is 282 g/mol. The van der Waals surface area contributed by atoms with Gasteiger partial charge in [0.05, 0.1) is 6.10 Å². The van der Waals surface area contributed by atoms with Gasteiger partial charge in [0.25, 0.3) is 6.17 Å². The van der Waals surface area contributed by atoms with Crippen LogP contribution in [-0.4, -0.2) is 24.0 Å². The normalized spacial score (nSPS) is 12.3. The highest BCUT2D eigenvalue weighted by atomic mass is 35.5. The van der Waals surface area contributed by atoms with Crippen LogP contribution >= 0.6 is 23.2 Å². The van der Waals surface area contributed by atoms with E-state index in [-0.39, 0.29) is 15.6 Å². The lowest BCUT2D eigenvalue weighted by molar-refractivity contribution is -0.151. The molecule has 0 aliphatic rings. The van der Waals surface area contributed by atoms with Crippen LogP contribution in [0.2, 0.25) is 10.0 Å². The number of rotatable bonds is 4. The lowest BCUT2D eigenvalue weighted by atomic mass is 10.1. The molecule has 0 saturated heterocycles. The summed E-state index contributed by atoms with van der Waals surface area (Å²) in [4.78, 5) is 22.9. The van der Waals surface area contributed by atoms with Gasteiger partial charge in [0.1, 0.15) is 0 Å². The van der Waals surface area contributed by atoms with Gasteiger partial charge in [0.15, 0.2) is 0 Å². The van der Waals surface area contributed by atoms with Crippen molar-refractivity contribution in [1.29, 1.82) is 0 Å². The van der Waals surface area contributed by atoms with E-state index in [0.717, 1.165) is 0 Å². The molecule has 1 aromatic rings. The molecule has 1 unspecified atom stereocenters. The van der Waals surface area contributed by atoms with E-state index in [4.69, 9.17) is 23.2 Å². The molecule has 0 saturated carbocycles. The minimum Gasteiger partial charge on any atom is -0.460 e. The molecule has 0 radical (unpaired) electrons. The maximum atomic E-state index is 13.6. The number of esters is 1. The van der Waals surface area contributed by atoms with Crippen LogP contribution in [-0.2, 0) is 9.53 Å². The first kappa shape index (κ1) is 14.9. The van der Waals surface area contributed by atoms with Crippen molar-refractivity contribution in [1.82, 2.24) is 0 Å². The zero-order valence-corrected chi connectivity index (χ0v) is 11.3. The SMILES string of the molecule is CC(C)OC(=O)C(F)C(=O)c1cc(Cl)cc(Cl)c1. The number of benzene rings is 1. The third-order valence-electron chi connectivity index (χ3n) is 1.94. The average Bonchev–Trinajstić information content (AvgIpc) is 2.24. The van der Waals surface area contributed by atoms with E-state index in [1.165, 1.54) is 18.2 Å². The Kier molecular flexibility index (Phi) is 5.11. The van der Waals surface area contributed by atoms with Crippen LogP contribution in [0.3, 0.4) is 0 Å². The second-order valence-electron chi connectivity index (χ2n) is 3.87. The zero-order valence-electron chi connectivity index (χ0n) is 9.75. The average molecular weight is 293 g/mol. The van der Waals surface area contributed by atoms with Crippen molar-refractivity contribution in [2.75, 3.05) is 0 Å². The molecule has 0 amide bonds. The second-order valence-corrected chi connectivity index (χ2v) is 4.74. The first-order valence-corrected chi connectivity index (χ1v) is 5.91. The molecule has 18 heavy (non-hydrogen) atoms. The summed E-state index contributed by atoms with van der Waals surface area (Å²) in [5.74, 6) is -2.24. The van der Waals surface area contributed by atoms with Crippen LogP contribution in [0.1, 0.15) is 24.2 Å². The molecule has 0 spiro atoms.